The monoisotopic (exact) mass is 234 g/mol. The topological polar surface area (TPSA) is 69.9 Å². The lowest BCUT2D eigenvalue weighted by Gasteiger charge is -2.02. The fraction of sp³-hybridized carbons (Fsp3) is 0.455. The molecule has 2 aromatic heterocycles. The van der Waals surface area contributed by atoms with Crippen LogP contribution in [0.2, 0.25) is 0 Å². The van der Waals surface area contributed by atoms with Crippen molar-refractivity contribution in [2.45, 2.75) is 26.3 Å². The highest BCUT2D eigenvalue weighted by molar-refractivity contribution is 5.72. The van der Waals surface area contributed by atoms with Crippen molar-refractivity contribution in [3.63, 3.8) is 0 Å². The molecular weight excluding hydrogens is 220 g/mol. The van der Waals surface area contributed by atoms with Crippen molar-refractivity contribution in [3.8, 4) is 0 Å². The quantitative estimate of drug-likeness (QED) is 0.726. The average molecular weight is 234 g/mol. The molecule has 0 spiro atoms. The number of aryl methyl sites for hydroxylation is 1. The van der Waals surface area contributed by atoms with E-state index in [1.54, 1.807) is 24.0 Å². The van der Waals surface area contributed by atoms with E-state index < -0.39 is 0 Å². The van der Waals surface area contributed by atoms with E-state index in [0.717, 1.165) is 11.0 Å². The van der Waals surface area contributed by atoms with Crippen molar-refractivity contribution in [1.82, 2.24) is 20.0 Å². The van der Waals surface area contributed by atoms with Crippen molar-refractivity contribution >= 4 is 17.0 Å². The van der Waals surface area contributed by atoms with Crippen LogP contribution in [-0.4, -0.2) is 32.6 Å². The Hall–Kier alpha value is -1.98. The Labute approximate surface area is 98.6 Å². The molecular formula is C11H14N4O2. The summed E-state index contributed by atoms with van der Waals surface area (Å²) in [5.74, 6) is -0.168. The molecule has 6 nitrogen and oxygen atoms in total. The second kappa shape index (κ2) is 5.38. The van der Waals surface area contributed by atoms with Crippen molar-refractivity contribution in [2.75, 3.05) is 6.61 Å². The second-order valence-corrected chi connectivity index (χ2v) is 3.59. The van der Waals surface area contributed by atoms with E-state index in [0.29, 0.717) is 26.0 Å². The van der Waals surface area contributed by atoms with Gasteiger partial charge in [-0.05, 0) is 19.4 Å². The molecule has 2 aromatic rings. The number of nitrogens with zero attached hydrogens (tertiary/aromatic N) is 4. The molecule has 2 heterocycles. The first kappa shape index (κ1) is 11.5. The number of carbonyl (C=O) groups excluding carboxylic acids is 1. The zero-order chi connectivity index (χ0) is 12.1. The third kappa shape index (κ3) is 2.77. The van der Waals surface area contributed by atoms with Crippen LogP contribution < -0.4 is 0 Å². The van der Waals surface area contributed by atoms with Crippen LogP contribution >= 0.6 is 0 Å². The molecule has 0 saturated heterocycles. The van der Waals surface area contributed by atoms with Crippen molar-refractivity contribution in [2.24, 2.45) is 0 Å². The van der Waals surface area contributed by atoms with E-state index in [2.05, 4.69) is 15.3 Å². The molecule has 0 saturated carbocycles. The lowest BCUT2D eigenvalue weighted by atomic mass is 10.3. The highest BCUT2D eigenvalue weighted by Crippen LogP contribution is 2.09. The lowest BCUT2D eigenvalue weighted by molar-refractivity contribution is -0.143. The summed E-state index contributed by atoms with van der Waals surface area (Å²) in [5.41, 5.74) is 1.70. The van der Waals surface area contributed by atoms with Crippen LogP contribution in [0.5, 0.6) is 0 Å². The Balaban J connectivity index is 1.93. The highest BCUT2D eigenvalue weighted by atomic mass is 16.5. The van der Waals surface area contributed by atoms with Gasteiger partial charge in [0.25, 0.3) is 0 Å². The molecule has 6 heteroatoms. The van der Waals surface area contributed by atoms with E-state index >= 15 is 0 Å². The van der Waals surface area contributed by atoms with E-state index in [1.807, 2.05) is 6.07 Å². The number of aromatic nitrogens is 4. The van der Waals surface area contributed by atoms with E-state index in [4.69, 9.17) is 4.74 Å². The number of ether oxygens (including phenoxy) is 1. The Kier molecular flexibility index (Phi) is 3.64. The third-order valence-electron chi connectivity index (χ3n) is 2.37. The van der Waals surface area contributed by atoms with Crippen molar-refractivity contribution < 1.29 is 9.53 Å². The first-order valence-corrected chi connectivity index (χ1v) is 5.60. The molecule has 0 N–H and O–H groups in total. The molecule has 90 valence electrons. The van der Waals surface area contributed by atoms with Crippen LogP contribution in [0.4, 0.5) is 0 Å². The Morgan fingerprint density at radius 1 is 1.53 bits per heavy atom. The van der Waals surface area contributed by atoms with Gasteiger partial charge < -0.3 is 4.74 Å². The number of rotatable bonds is 5. The van der Waals surface area contributed by atoms with Crippen LogP contribution in [0.15, 0.2) is 18.5 Å². The van der Waals surface area contributed by atoms with Crippen LogP contribution in [0.1, 0.15) is 19.8 Å². The van der Waals surface area contributed by atoms with Crippen molar-refractivity contribution in [1.29, 1.82) is 0 Å². The maximum Gasteiger partial charge on any atom is 0.305 e. The highest BCUT2D eigenvalue weighted by Gasteiger charge is 2.05. The van der Waals surface area contributed by atoms with Gasteiger partial charge in [-0.2, -0.15) is 0 Å². The molecule has 0 aliphatic heterocycles. The molecule has 0 aliphatic rings. The minimum Gasteiger partial charge on any atom is -0.466 e. The van der Waals surface area contributed by atoms with Gasteiger partial charge in [-0.3, -0.25) is 9.78 Å². The zero-order valence-corrected chi connectivity index (χ0v) is 9.67. The maximum absolute atomic E-state index is 11.2. The maximum atomic E-state index is 11.2. The first-order chi connectivity index (χ1) is 8.31. The molecule has 0 aliphatic carbocycles. The van der Waals surface area contributed by atoms with Crippen LogP contribution in [-0.2, 0) is 16.1 Å². The number of fused-ring (bicyclic) bond motifs is 1. The standard InChI is InChI=1S/C11H14N4O2/c1-2-17-11(16)4-3-7-15-10-5-6-12-8-9(10)13-14-15/h5-6,8H,2-4,7H2,1H3. The third-order valence-corrected chi connectivity index (χ3v) is 2.37. The second-order valence-electron chi connectivity index (χ2n) is 3.59. The summed E-state index contributed by atoms with van der Waals surface area (Å²) < 4.78 is 6.63. The van der Waals surface area contributed by atoms with Gasteiger partial charge in [0.1, 0.15) is 5.52 Å². The summed E-state index contributed by atoms with van der Waals surface area (Å²) in [7, 11) is 0. The molecule has 0 atom stereocenters. The molecule has 0 radical (unpaired) electrons. The van der Waals surface area contributed by atoms with Gasteiger partial charge >= 0.3 is 5.97 Å². The lowest BCUT2D eigenvalue weighted by Crippen LogP contribution is -2.07. The van der Waals surface area contributed by atoms with Gasteiger partial charge in [-0.15, -0.1) is 5.10 Å². The van der Waals surface area contributed by atoms with Crippen LogP contribution in [0, 0.1) is 0 Å². The predicted molar refractivity (Wildman–Crippen MR) is 61.2 cm³/mol. The van der Waals surface area contributed by atoms with E-state index in [1.165, 1.54) is 0 Å². The van der Waals surface area contributed by atoms with E-state index in [9.17, 15) is 4.79 Å². The number of hydrogen-bond acceptors (Lipinski definition) is 5. The minimum absolute atomic E-state index is 0.168. The minimum atomic E-state index is -0.168. The smallest absolute Gasteiger partial charge is 0.305 e. The fourth-order valence-electron chi connectivity index (χ4n) is 1.60. The fourth-order valence-corrected chi connectivity index (χ4v) is 1.60. The van der Waals surface area contributed by atoms with Gasteiger partial charge in [-0.1, -0.05) is 5.21 Å². The average Bonchev–Trinajstić information content (AvgIpc) is 2.73. The summed E-state index contributed by atoms with van der Waals surface area (Å²) in [6.07, 6.45) is 4.47. The number of pyridine rings is 1. The summed E-state index contributed by atoms with van der Waals surface area (Å²) in [6, 6.07) is 1.86. The van der Waals surface area contributed by atoms with Gasteiger partial charge in [-0.25, -0.2) is 4.68 Å². The summed E-state index contributed by atoms with van der Waals surface area (Å²) in [6.45, 7) is 2.88. The van der Waals surface area contributed by atoms with Crippen molar-refractivity contribution in [3.05, 3.63) is 18.5 Å². The normalized spacial score (nSPS) is 10.6. The Morgan fingerprint density at radius 3 is 3.24 bits per heavy atom. The summed E-state index contributed by atoms with van der Waals surface area (Å²) in [4.78, 5) is 15.1. The SMILES string of the molecule is CCOC(=O)CCCn1nnc2cnccc21. The zero-order valence-electron chi connectivity index (χ0n) is 9.67. The van der Waals surface area contributed by atoms with E-state index in [-0.39, 0.29) is 5.97 Å². The summed E-state index contributed by atoms with van der Waals surface area (Å²) in [5, 5.41) is 8.00. The Bertz CT molecular complexity index is 509. The molecule has 0 aromatic carbocycles. The molecule has 0 unspecified atom stereocenters. The van der Waals surface area contributed by atoms with Crippen LogP contribution in [0.3, 0.4) is 0 Å². The molecule has 0 amide bonds. The summed E-state index contributed by atoms with van der Waals surface area (Å²) >= 11 is 0. The number of hydrogen-bond donors (Lipinski definition) is 0. The van der Waals surface area contributed by atoms with Crippen LogP contribution in [0.25, 0.3) is 11.0 Å². The molecule has 0 fully saturated rings. The van der Waals surface area contributed by atoms with Gasteiger partial charge in [0.2, 0.25) is 0 Å². The molecule has 17 heavy (non-hydrogen) atoms. The Morgan fingerprint density at radius 2 is 2.41 bits per heavy atom. The van der Waals surface area contributed by atoms with Gasteiger partial charge in [0.05, 0.1) is 18.3 Å². The largest absolute Gasteiger partial charge is 0.466 e. The van der Waals surface area contributed by atoms with Gasteiger partial charge in [0, 0.05) is 19.2 Å². The number of esters is 1. The molecule has 2 rings (SSSR count). The van der Waals surface area contributed by atoms with Gasteiger partial charge in [0.15, 0.2) is 0 Å². The number of carbonyl (C=O) groups is 1. The predicted octanol–water partition coefficient (Wildman–Crippen LogP) is 1.17. The first-order valence-electron chi connectivity index (χ1n) is 5.60. The molecule has 0 bridgehead atoms.